The van der Waals surface area contributed by atoms with E-state index in [4.69, 9.17) is 18.9 Å². The van der Waals surface area contributed by atoms with Crippen molar-refractivity contribution in [2.45, 2.75) is 27.7 Å². The molecule has 0 bridgehead atoms. The second kappa shape index (κ2) is 30.4. The summed E-state index contributed by atoms with van der Waals surface area (Å²) in [5.74, 6) is 3.33. The molecule has 0 saturated heterocycles. The molecular formula is C52H53IrN4O4. The van der Waals surface area contributed by atoms with Crippen LogP contribution in [0, 0.1) is 18.2 Å². The van der Waals surface area contributed by atoms with Gasteiger partial charge in [0.1, 0.15) is 5.75 Å². The first-order valence-corrected chi connectivity index (χ1v) is 19.6. The third-order valence-electron chi connectivity index (χ3n) is 7.88. The van der Waals surface area contributed by atoms with Crippen LogP contribution in [-0.4, -0.2) is 48.4 Å². The molecule has 8 nitrogen and oxygen atoms in total. The Kier molecular flexibility index (Phi) is 25.1. The molecule has 0 saturated carbocycles. The molecule has 0 radical (unpaired) electrons. The van der Waals surface area contributed by atoms with E-state index in [0.717, 1.165) is 68.0 Å². The fourth-order valence-electron chi connectivity index (χ4n) is 5.04. The number of pyridine rings is 4. The van der Waals surface area contributed by atoms with E-state index in [1.807, 2.05) is 179 Å². The normalized spacial score (nSPS) is 9.18. The van der Waals surface area contributed by atoms with Gasteiger partial charge in [0.25, 0.3) is 0 Å². The summed E-state index contributed by atoms with van der Waals surface area (Å²) in [6.07, 6.45) is 7.09. The van der Waals surface area contributed by atoms with Crippen molar-refractivity contribution in [3.05, 3.63) is 195 Å². The van der Waals surface area contributed by atoms with E-state index in [1.54, 1.807) is 53.2 Å². The Hall–Kier alpha value is -6.67. The molecule has 0 unspecified atom stereocenters. The first kappa shape index (κ1) is 50.5. The zero-order valence-electron chi connectivity index (χ0n) is 36.0. The van der Waals surface area contributed by atoms with E-state index in [-0.39, 0.29) is 20.1 Å². The number of nitrogens with zero attached hydrogens (tertiary/aromatic N) is 4. The third-order valence-corrected chi connectivity index (χ3v) is 7.88. The van der Waals surface area contributed by atoms with Gasteiger partial charge >= 0.3 is 20.1 Å². The Morgan fingerprint density at radius 2 is 0.656 bits per heavy atom. The zero-order valence-corrected chi connectivity index (χ0v) is 38.4. The standard InChI is InChI=1S/C12H11NO.3C12H10NO.2C2H6.Ir/c4*1-14-11-6-4-5-10(9-11)12-7-2-3-8-13-12;2*1-2;/h2-9H,1H3;3*2-4,6-9H,1H3;2*1-2H3;/q;3*-1;;;+3. The summed E-state index contributed by atoms with van der Waals surface area (Å²) in [4.78, 5) is 17.0. The molecule has 61 heavy (non-hydrogen) atoms. The van der Waals surface area contributed by atoms with Crippen LogP contribution in [0.1, 0.15) is 27.7 Å². The van der Waals surface area contributed by atoms with Crippen molar-refractivity contribution in [2.24, 2.45) is 0 Å². The zero-order chi connectivity index (χ0) is 43.2. The van der Waals surface area contributed by atoms with Crippen molar-refractivity contribution in [2.75, 3.05) is 28.4 Å². The molecule has 4 aromatic carbocycles. The number of hydrogen-bond acceptors (Lipinski definition) is 8. The van der Waals surface area contributed by atoms with E-state index in [2.05, 4.69) is 38.1 Å². The number of aromatic nitrogens is 4. The molecule has 0 atom stereocenters. The van der Waals surface area contributed by atoms with Crippen molar-refractivity contribution in [3.8, 4) is 68.0 Å². The van der Waals surface area contributed by atoms with Crippen LogP contribution < -0.4 is 18.9 Å². The van der Waals surface area contributed by atoms with Gasteiger partial charge in [0.05, 0.1) is 34.1 Å². The fourth-order valence-corrected chi connectivity index (χ4v) is 5.04. The maximum absolute atomic E-state index is 5.15. The number of methoxy groups -OCH3 is 4. The Balaban J connectivity index is 0.000000271. The molecule has 0 spiro atoms. The van der Waals surface area contributed by atoms with Gasteiger partial charge in [-0.25, -0.2) is 0 Å². The summed E-state index contributed by atoms with van der Waals surface area (Å²) in [6, 6.07) is 57.3. The van der Waals surface area contributed by atoms with E-state index in [1.165, 1.54) is 0 Å². The molecule has 8 rings (SSSR count). The number of ether oxygens (including phenoxy) is 4. The average Bonchev–Trinajstić information content (AvgIpc) is 3.37. The predicted molar refractivity (Wildman–Crippen MR) is 244 cm³/mol. The van der Waals surface area contributed by atoms with Gasteiger partial charge in [-0.2, -0.15) is 0 Å². The summed E-state index contributed by atoms with van der Waals surface area (Å²) < 4.78 is 20.5. The summed E-state index contributed by atoms with van der Waals surface area (Å²) in [5.41, 5.74) is 7.61. The molecule has 0 aliphatic carbocycles. The van der Waals surface area contributed by atoms with Crippen molar-refractivity contribution in [1.82, 2.24) is 19.9 Å². The SMILES string of the molecule is CC.CC.COc1cc[c-]c(-c2ccccn2)c1.COc1cc[c-]c(-c2ccccn2)c1.COc1cc[c-]c(-c2ccccn2)c1.COc1cccc(-c2ccccn2)c1.[Ir+3]. The van der Waals surface area contributed by atoms with Gasteiger partial charge in [0.15, 0.2) is 0 Å². The Morgan fingerprint density at radius 3 is 0.951 bits per heavy atom. The smallest absolute Gasteiger partial charge is 0.516 e. The molecule has 0 amide bonds. The van der Waals surface area contributed by atoms with Crippen LogP contribution in [0.3, 0.4) is 0 Å². The van der Waals surface area contributed by atoms with E-state index >= 15 is 0 Å². The fraction of sp³-hybridized carbons (Fsp3) is 0.154. The molecule has 0 aliphatic heterocycles. The molecule has 0 N–H and O–H groups in total. The van der Waals surface area contributed by atoms with Crippen LogP contribution in [0.15, 0.2) is 176 Å². The van der Waals surface area contributed by atoms with Crippen LogP contribution in [0.4, 0.5) is 0 Å². The van der Waals surface area contributed by atoms with Crippen molar-refractivity contribution < 1.29 is 39.1 Å². The van der Waals surface area contributed by atoms with Crippen molar-refractivity contribution in [3.63, 3.8) is 0 Å². The van der Waals surface area contributed by atoms with Gasteiger partial charge in [0, 0.05) is 47.6 Å². The van der Waals surface area contributed by atoms with Crippen LogP contribution in [0.5, 0.6) is 23.0 Å². The molecule has 4 aromatic heterocycles. The van der Waals surface area contributed by atoms with Crippen LogP contribution in [0.25, 0.3) is 45.0 Å². The molecule has 314 valence electrons. The van der Waals surface area contributed by atoms with Crippen molar-refractivity contribution >= 4 is 0 Å². The Morgan fingerprint density at radius 1 is 0.344 bits per heavy atom. The van der Waals surface area contributed by atoms with Gasteiger partial charge < -0.3 is 33.9 Å². The molecular weight excluding hydrogens is 937 g/mol. The second-order valence-corrected chi connectivity index (χ2v) is 11.5. The van der Waals surface area contributed by atoms with Gasteiger partial charge in [-0.05, 0) is 59.5 Å². The second-order valence-electron chi connectivity index (χ2n) is 11.5. The molecule has 8 aromatic rings. The summed E-state index contributed by atoms with van der Waals surface area (Å²) >= 11 is 0. The number of rotatable bonds is 8. The van der Waals surface area contributed by atoms with Gasteiger partial charge in [-0.15, -0.1) is 89.5 Å². The number of benzene rings is 4. The van der Waals surface area contributed by atoms with E-state index in [9.17, 15) is 0 Å². The first-order chi connectivity index (χ1) is 29.6. The minimum atomic E-state index is 0. The van der Waals surface area contributed by atoms with Gasteiger partial charge in [-0.3, -0.25) is 4.98 Å². The maximum Gasteiger partial charge on any atom is 3.00 e. The van der Waals surface area contributed by atoms with E-state index in [0.29, 0.717) is 0 Å². The Bertz CT molecular complexity index is 1990. The molecule has 9 heteroatoms. The third kappa shape index (κ3) is 17.6. The molecule has 0 aliphatic rings. The molecule has 4 heterocycles. The maximum atomic E-state index is 5.15. The van der Waals surface area contributed by atoms with Crippen molar-refractivity contribution in [1.29, 1.82) is 0 Å². The van der Waals surface area contributed by atoms with Gasteiger partial charge in [0.2, 0.25) is 0 Å². The first-order valence-electron chi connectivity index (χ1n) is 19.6. The Labute approximate surface area is 376 Å². The summed E-state index contributed by atoms with van der Waals surface area (Å²) in [5, 5.41) is 0. The van der Waals surface area contributed by atoms with Crippen LogP contribution in [0.2, 0.25) is 0 Å². The predicted octanol–water partition coefficient (Wildman–Crippen LogP) is 12.5. The summed E-state index contributed by atoms with van der Waals surface area (Å²) in [6.45, 7) is 8.00. The largest absolute Gasteiger partial charge is 3.00 e. The number of hydrogen-bond donors (Lipinski definition) is 0. The quantitative estimate of drug-likeness (QED) is 0.139. The average molecular weight is 990 g/mol. The van der Waals surface area contributed by atoms with Crippen LogP contribution >= 0.6 is 0 Å². The minimum Gasteiger partial charge on any atom is -0.516 e. The van der Waals surface area contributed by atoms with Gasteiger partial charge in [-0.1, -0.05) is 82.3 Å². The minimum absolute atomic E-state index is 0. The topological polar surface area (TPSA) is 88.5 Å². The van der Waals surface area contributed by atoms with E-state index < -0.39 is 0 Å². The monoisotopic (exact) mass is 990 g/mol. The van der Waals surface area contributed by atoms with Crippen LogP contribution in [-0.2, 0) is 20.1 Å². The molecule has 0 fully saturated rings. The summed E-state index contributed by atoms with van der Waals surface area (Å²) in [7, 11) is 6.62.